The number of thiazole rings is 1. The zero-order chi connectivity index (χ0) is 44.0. The number of rotatable bonds is 10. The Morgan fingerprint density at radius 1 is 1.08 bits per heavy atom. The number of nitrogens with zero attached hydrogens (tertiary/aromatic N) is 4. The van der Waals surface area contributed by atoms with Gasteiger partial charge >= 0.3 is 0 Å². The SMILES string of the molecule is COc1ccc2c(O[C@@H]3C[C@H]4C(=O)N[C@]5(C(=O)NS(=O)(=O)C6(C)CC6)C[C@@H]5/C=C\CCCCC[C@H](Nc5ccc(C#N)cc5)C(=O)N4C3)cc(-c3nc(C(C)C)cs3)nc2c1C. The van der Waals surface area contributed by atoms with Crippen LogP contribution in [0.3, 0.4) is 0 Å². The van der Waals surface area contributed by atoms with E-state index in [2.05, 4.69) is 35.3 Å². The Morgan fingerprint density at radius 3 is 2.55 bits per heavy atom. The molecule has 8 rings (SSSR count). The number of fused-ring (bicyclic) bond motifs is 3. The van der Waals surface area contributed by atoms with Crippen molar-refractivity contribution >= 4 is 55.7 Å². The van der Waals surface area contributed by atoms with E-state index in [1.807, 2.05) is 42.7 Å². The van der Waals surface area contributed by atoms with Crippen LogP contribution < -0.4 is 24.8 Å². The predicted octanol–water partition coefficient (Wildman–Crippen LogP) is 6.89. The molecule has 2 aliphatic heterocycles. The quantitative estimate of drug-likeness (QED) is 0.141. The van der Waals surface area contributed by atoms with E-state index in [1.165, 1.54) is 16.2 Å². The lowest BCUT2D eigenvalue weighted by atomic mass is 10.0. The fraction of sp³-hybridized carbons (Fsp3) is 0.478. The van der Waals surface area contributed by atoms with Crippen LogP contribution in [-0.4, -0.2) is 83.1 Å². The van der Waals surface area contributed by atoms with Crippen molar-refractivity contribution in [1.29, 1.82) is 5.26 Å². The lowest BCUT2D eigenvalue weighted by Crippen LogP contribution is -2.58. The van der Waals surface area contributed by atoms with E-state index < -0.39 is 56.2 Å². The van der Waals surface area contributed by atoms with Gasteiger partial charge in [0.05, 0.1) is 41.2 Å². The third-order valence-corrected chi connectivity index (χ3v) is 15.9. The number of benzene rings is 2. The number of hydrogen-bond donors (Lipinski definition) is 3. The van der Waals surface area contributed by atoms with Crippen LogP contribution in [0.2, 0.25) is 0 Å². The average molecular weight is 880 g/mol. The largest absolute Gasteiger partial charge is 0.496 e. The van der Waals surface area contributed by atoms with Crippen molar-refractivity contribution in [2.75, 3.05) is 19.0 Å². The molecule has 0 spiro atoms. The fourth-order valence-electron chi connectivity index (χ4n) is 8.44. The monoisotopic (exact) mass is 879 g/mol. The normalized spacial score (nSPS) is 25.3. The maximum atomic E-state index is 14.9. The molecule has 1 saturated heterocycles. The van der Waals surface area contributed by atoms with E-state index in [-0.39, 0.29) is 31.2 Å². The Morgan fingerprint density at radius 2 is 1.85 bits per heavy atom. The minimum atomic E-state index is -4.00. The number of sulfonamides is 1. The second kappa shape index (κ2) is 17.0. The molecule has 2 aromatic heterocycles. The first-order valence-electron chi connectivity index (χ1n) is 21.4. The van der Waals surface area contributed by atoms with Crippen molar-refractivity contribution in [3.8, 4) is 28.3 Å². The Kier molecular flexibility index (Phi) is 11.8. The van der Waals surface area contributed by atoms with Gasteiger partial charge in [0.2, 0.25) is 21.8 Å². The predicted molar refractivity (Wildman–Crippen MR) is 237 cm³/mol. The molecule has 4 aromatic rings. The summed E-state index contributed by atoms with van der Waals surface area (Å²) in [5.41, 5.74) is 2.69. The van der Waals surface area contributed by atoms with Crippen molar-refractivity contribution in [3.05, 3.63) is 76.8 Å². The van der Waals surface area contributed by atoms with Crippen molar-refractivity contribution in [1.82, 2.24) is 24.9 Å². The first-order valence-corrected chi connectivity index (χ1v) is 23.7. The number of nitriles is 1. The number of carbonyl (C=O) groups excluding carboxylic acids is 3. The molecule has 62 heavy (non-hydrogen) atoms. The van der Waals surface area contributed by atoms with Crippen molar-refractivity contribution in [2.45, 2.75) is 120 Å². The van der Waals surface area contributed by atoms with E-state index in [9.17, 15) is 28.1 Å². The first kappa shape index (κ1) is 43.1. The van der Waals surface area contributed by atoms with E-state index in [0.29, 0.717) is 53.2 Å². The second-order valence-electron chi connectivity index (χ2n) is 17.6. The summed E-state index contributed by atoms with van der Waals surface area (Å²) in [5, 5.41) is 19.2. The molecule has 14 nitrogen and oxygen atoms in total. The van der Waals surface area contributed by atoms with Gasteiger partial charge in [0.1, 0.15) is 45.9 Å². The van der Waals surface area contributed by atoms with Gasteiger partial charge in [-0.1, -0.05) is 38.8 Å². The number of carbonyl (C=O) groups is 3. The van der Waals surface area contributed by atoms with Crippen LogP contribution in [0.15, 0.2) is 60.0 Å². The van der Waals surface area contributed by atoms with Crippen molar-refractivity contribution in [2.24, 2.45) is 5.92 Å². The lowest BCUT2D eigenvalue weighted by molar-refractivity contribution is -0.140. The van der Waals surface area contributed by atoms with Gasteiger partial charge in [-0.05, 0) is 94.7 Å². The molecule has 0 unspecified atom stereocenters. The van der Waals surface area contributed by atoms with E-state index in [4.69, 9.17) is 19.4 Å². The van der Waals surface area contributed by atoms with Gasteiger partial charge in [0.15, 0.2) is 0 Å². The average Bonchev–Trinajstić information content (AvgIpc) is 4.02. The summed E-state index contributed by atoms with van der Waals surface area (Å²) in [6, 6.07) is 12.8. The standard InChI is InChI=1S/C46H53N7O7S2/c1-27(2)36-26-61-42(50-36)35-22-39(33-17-18-38(59-5)28(3)40(33)49-35)60-32-21-37-41(54)51-46(44(56)52-62(57,58)45(4)19-20-45)23-30(46)11-9-7-6-8-10-12-34(43(55)53(37)25-32)48-31-15-13-29(24-47)14-16-31/h9,11,13-18,22,26-27,30,32,34,37,48H,6-8,10,12,19-21,23,25H2,1-5H3,(H,51,54)(H,52,56)/b11-9-/t30-,32+,34-,37-,46+/m0/s1. The van der Waals surface area contributed by atoms with E-state index in [1.54, 1.807) is 38.3 Å². The summed E-state index contributed by atoms with van der Waals surface area (Å²) >= 11 is 1.49. The minimum Gasteiger partial charge on any atom is -0.496 e. The molecule has 5 atom stereocenters. The van der Waals surface area contributed by atoms with Crippen LogP contribution in [0, 0.1) is 24.2 Å². The number of pyridine rings is 1. The molecule has 2 saturated carbocycles. The Bertz CT molecular complexity index is 2580. The van der Waals surface area contributed by atoms with Gasteiger partial charge in [-0.3, -0.25) is 19.1 Å². The third-order valence-electron chi connectivity index (χ3n) is 12.8. The van der Waals surface area contributed by atoms with Gasteiger partial charge < -0.3 is 25.0 Å². The smallest absolute Gasteiger partial charge is 0.259 e. The molecule has 2 aliphatic carbocycles. The summed E-state index contributed by atoms with van der Waals surface area (Å²) in [6.07, 6.45) is 8.06. The molecule has 326 valence electrons. The highest BCUT2D eigenvalue weighted by Gasteiger charge is 2.63. The Hall–Kier alpha value is -5.53. The van der Waals surface area contributed by atoms with Crippen molar-refractivity contribution in [3.63, 3.8) is 0 Å². The number of aryl methyl sites for hydroxylation is 1. The minimum absolute atomic E-state index is 0.0563. The Balaban J connectivity index is 1.15. The molecular formula is C46H53N7O7S2. The van der Waals surface area contributed by atoms with Crippen LogP contribution in [0.1, 0.15) is 101 Å². The Labute approximate surface area is 366 Å². The number of nitrogens with one attached hydrogen (secondary N) is 3. The summed E-state index contributed by atoms with van der Waals surface area (Å²) in [6.45, 7) is 7.76. The molecule has 3 N–H and O–H groups in total. The van der Waals surface area contributed by atoms with Gasteiger partial charge in [-0.25, -0.2) is 18.4 Å². The summed E-state index contributed by atoms with van der Waals surface area (Å²) in [5.74, 6) is -0.685. The number of ether oxygens (including phenoxy) is 2. The maximum Gasteiger partial charge on any atom is 0.259 e. The molecule has 16 heteroatoms. The second-order valence-corrected chi connectivity index (χ2v) is 20.7. The maximum absolute atomic E-state index is 14.9. The highest BCUT2D eigenvalue weighted by atomic mass is 32.2. The summed E-state index contributed by atoms with van der Waals surface area (Å²) in [7, 11) is -2.39. The van der Waals surface area contributed by atoms with Crippen LogP contribution >= 0.6 is 11.3 Å². The number of hydrogen-bond acceptors (Lipinski definition) is 12. The zero-order valence-corrected chi connectivity index (χ0v) is 37.3. The molecule has 3 fully saturated rings. The topological polar surface area (TPSA) is 193 Å². The van der Waals surface area contributed by atoms with Crippen molar-refractivity contribution < 1.29 is 32.3 Å². The van der Waals surface area contributed by atoms with E-state index >= 15 is 0 Å². The molecule has 0 bridgehead atoms. The van der Waals surface area contributed by atoms with Crippen LogP contribution in [-0.2, 0) is 24.4 Å². The summed E-state index contributed by atoms with van der Waals surface area (Å²) in [4.78, 5) is 55.2. The van der Waals surface area contributed by atoms with Gasteiger partial charge in [0.25, 0.3) is 5.91 Å². The van der Waals surface area contributed by atoms with Crippen LogP contribution in [0.5, 0.6) is 11.5 Å². The number of amides is 3. The lowest BCUT2D eigenvalue weighted by Gasteiger charge is -2.30. The highest BCUT2D eigenvalue weighted by Crippen LogP contribution is 2.48. The molecular weight excluding hydrogens is 827 g/mol. The molecule has 2 aromatic carbocycles. The number of allylic oxidation sites excluding steroid dienone is 1. The van der Waals surface area contributed by atoms with E-state index in [0.717, 1.165) is 47.3 Å². The first-order chi connectivity index (χ1) is 29.6. The number of aromatic nitrogens is 2. The zero-order valence-electron chi connectivity index (χ0n) is 35.7. The van der Waals surface area contributed by atoms with Gasteiger partial charge in [0, 0.05) is 40.4 Å². The third kappa shape index (κ3) is 8.49. The molecule has 0 radical (unpaired) electrons. The molecule has 4 aliphatic rings. The van der Waals surface area contributed by atoms with Gasteiger partial charge in [-0.2, -0.15) is 5.26 Å². The van der Waals surface area contributed by atoms with Crippen LogP contribution in [0.25, 0.3) is 21.6 Å². The highest BCUT2D eigenvalue weighted by molar-refractivity contribution is 7.91. The number of methoxy groups -OCH3 is 1. The summed E-state index contributed by atoms with van der Waals surface area (Å²) < 4.78 is 40.4. The fourth-order valence-corrected chi connectivity index (χ4v) is 10.7. The number of anilines is 1. The molecule has 4 heterocycles. The van der Waals surface area contributed by atoms with Crippen LogP contribution in [0.4, 0.5) is 5.69 Å². The molecule has 3 amide bonds. The van der Waals surface area contributed by atoms with Gasteiger partial charge in [-0.15, -0.1) is 11.3 Å².